The van der Waals surface area contributed by atoms with E-state index in [1.165, 1.54) is 0 Å². The Morgan fingerprint density at radius 1 is 0.923 bits per heavy atom. The molecule has 0 heterocycles. The van der Waals surface area contributed by atoms with Gasteiger partial charge in [0.1, 0.15) is 0 Å². The zero-order valence-corrected chi connectivity index (χ0v) is 12.2. The molecule has 0 aromatic rings. The van der Waals surface area contributed by atoms with Crippen molar-refractivity contribution in [3.63, 3.8) is 0 Å². The third-order valence-corrected chi connectivity index (χ3v) is 5.31. The average molecular weight is 212 g/mol. The molecule has 0 unspecified atom stereocenters. The van der Waals surface area contributed by atoms with Crippen LogP contribution < -0.4 is 0 Å². The van der Waals surface area contributed by atoms with Crippen LogP contribution in [0, 0.1) is 0 Å². The van der Waals surface area contributed by atoms with E-state index in [0.717, 1.165) is 0 Å². The van der Waals surface area contributed by atoms with Gasteiger partial charge in [-0.3, -0.25) is 0 Å². The first-order valence-electron chi connectivity index (χ1n) is 5.03. The van der Waals surface area contributed by atoms with Crippen LogP contribution in [0.2, 0.25) is 39.3 Å². The van der Waals surface area contributed by atoms with Crippen LogP contribution in [0.15, 0.2) is 23.0 Å². The fourth-order valence-electron chi connectivity index (χ4n) is 1.16. The summed E-state index contributed by atoms with van der Waals surface area (Å²) >= 11 is 0. The molecule has 13 heavy (non-hydrogen) atoms. The third-order valence-electron chi connectivity index (χ3n) is 1.80. The minimum absolute atomic E-state index is 1.05. The van der Waals surface area contributed by atoms with Crippen LogP contribution in [0.5, 0.6) is 0 Å². The van der Waals surface area contributed by atoms with Gasteiger partial charge >= 0.3 is 0 Å². The third kappa shape index (κ3) is 6.05. The molecular formula is C11H24Si2. The molecule has 0 spiro atoms. The van der Waals surface area contributed by atoms with Gasteiger partial charge in [0.05, 0.1) is 16.1 Å². The Balaban J connectivity index is 4.94. The SMILES string of the molecule is CC=CC(=C[Si](C)(C)C)[Si](C)(C)C. The number of hydrogen-bond acceptors (Lipinski definition) is 0. The smallest absolute Gasteiger partial charge is 0.0766 e. The molecule has 0 rings (SSSR count). The molecule has 0 saturated heterocycles. The lowest BCUT2D eigenvalue weighted by Gasteiger charge is -2.22. The second kappa shape index (κ2) is 4.42. The maximum absolute atomic E-state index is 2.55. The van der Waals surface area contributed by atoms with Crippen LogP contribution in [0.4, 0.5) is 0 Å². The Hall–Kier alpha value is -0.0862. The second-order valence-corrected chi connectivity index (χ2v) is 15.8. The lowest BCUT2D eigenvalue weighted by Crippen LogP contribution is -2.27. The minimum atomic E-state index is -1.11. The fourth-order valence-corrected chi connectivity index (χ4v) is 5.89. The Bertz CT molecular complexity index is 211. The molecular weight excluding hydrogens is 188 g/mol. The molecule has 0 bridgehead atoms. The summed E-state index contributed by atoms with van der Waals surface area (Å²) in [6.45, 7) is 16.6. The highest BCUT2D eigenvalue weighted by Crippen LogP contribution is 2.19. The summed E-state index contributed by atoms with van der Waals surface area (Å²) in [6, 6.07) is 0. The van der Waals surface area contributed by atoms with E-state index in [4.69, 9.17) is 0 Å². The molecule has 0 atom stereocenters. The van der Waals surface area contributed by atoms with E-state index in [1.807, 2.05) is 0 Å². The normalized spacial score (nSPS) is 15.5. The predicted octanol–water partition coefficient (Wildman–Crippen LogP) is 4.24. The predicted molar refractivity (Wildman–Crippen MR) is 69.6 cm³/mol. The van der Waals surface area contributed by atoms with E-state index >= 15 is 0 Å². The number of rotatable bonds is 3. The van der Waals surface area contributed by atoms with Crippen molar-refractivity contribution in [3.05, 3.63) is 23.0 Å². The van der Waals surface area contributed by atoms with Gasteiger partial charge in [-0.2, -0.15) is 0 Å². The quantitative estimate of drug-likeness (QED) is 0.485. The van der Waals surface area contributed by atoms with Gasteiger partial charge in [-0.05, 0) is 6.92 Å². The van der Waals surface area contributed by atoms with Crippen molar-refractivity contribution in [2.75, 3.05) is 0 Å². The molecule has 0 aromatic carbocycles. The van der Waals surface area contributed by atoms with Crippen LogP contribution in [-0.2, 0) is 0 Å². The van der Waals surface area contributed by atoms with Crippen LogP contribution in [-0.4, -0.2) is 16.1 Å². The molecule has 0 aliphatic rings. The van der Waals surface area contributed by atoms with Crippen molar-refractivity contribution in [1.82, 2.24) is 0 Å². The van der Waals surface area contributed by atoms with Gasteiger partial charge in [0.2, 0.25) is 0 Å². The first-order valence-corrected chi connectivity index (χ1v) is 12.1. The summed E-state index contributed by atoms with van der Waals surface area (Å²) in [4.78, 5) is 0. The van der Waals surface area contributed by atoms with Gasteiger partial charge in [0, 0.05) is 0 Å². The Labute approximate surface area is 85.8 Å². The zero-order chi connectivity index (χ0) is 10.7. The monoisotopic (exact) mass is 212 g/mol. The molecule has 0 N–H and O–H groups in total. The molecule has 0 aliphatic carbocycles. The number of allylic oxidation sites excluding steroid dienone is 3. The van der Waals surface area contributed by atoms with Gasteiger partial charge in [0.15, 0.2) is 0 Å². The first-order chi connectivity index (χ1) is 5.67. The molecule has 0 saturated carbocycles. The Kier molecular flexibility index (Phi) is 4.39. The van der Waals surface area contributed by atoms with Crippen LogP contribution in [0.1, 0.15) is 6.92 Å². The van der Waals surface area contributed by atoms with E-state index in [-0.39, 0.29) is 0 Å². The topological polar surface area (TPSA) is 0 Å². The van der Waals surface area contributed by atoms with Crippen molar-refractivity contribution in [2.24, 2.45) is 0 Å². The van der Waals surface area contributed by atoms with Crippen LogP contribution >= 0.6 is 0 Å². The lowest BCUT2D eigenvalue weighted by atomic mass is 10.5. The Morgan fingerprint density at radius 2 is 1.38 bits per heavy atom. The van der Waals surface area contributed by atoms with Gasteiger partial charge in [-0.1, -0.05) is 62.3 Å². The van der Waals surface area contributed by atoms with Gasteiger partial charge < -0.3 is 0 Å². The van der Waals surface area contributed by atoms with E-state index in [0.29, 0.717) is 0 Å². The van der Waals surface area contributed by atoms with Gasteiger partial charge in [0.25, 0.3) is 0 Å². The standard InChI is InChI=1S/C11H24Si2/c1-8-9-11(13(5,6)7)10-12(2,3)4/h8-10H,1-7H3. The molecule has 2 heteroatoms. The lowest BCUT2D eigenvalue weighted by molar-refractivity contribution is 1.60. The fraction of sp³-hybridized carbons (Fsp3) is 0.636. The summed E-state index contributed by atoms with van der Waals surface area (Å²) in [5, 5.41) is 1.62. The summed E-state index contributed by atoms with van der Waals surface area (Å²) in [7, 11) is -2.15. The average Bonchev–Trinajstić information content (AvgIpc) is 1.81. The summed E-state index contributed by atoms with van der Waals surface area (Å²) in [5.41, 5.74) is 2.55. The van der Waals surface area contributed by atoms with Crippen molar-refractivity contribution in [3.8, 4) is 0 Å². The summed E-state index contributed by atoms with van der Waals surface area (Å²) in [5.74, 6) is 0. The number of hydrogen-bond donors (Lipinski definition) is 0. The van der Waals surface area contributed by atoms with E-state index in [1.54, 1.807) is 5.20 Å². The molecule has 0 aliphatic heterocycles. The second-order valence-electron chi connectivity index (χ2n) is 5.72. The molecule has 0 fully saturated rings. The van der Waals surface area contributed by atoms with Crippen LogP contribution in [0.25, 0.3) is 0 Å². The highest BCUT2D eigenvalue weighted by atomic mass is 28.3. The molecule has 0 nitrogen and oxygen atoms in total. The first kappa shape index (κ1) is 12.9. The highest BCUT2D eigenvalue weighted by Gasteiger charge is 2.20. The van der Waals surface area contributed by atoms with Crippen molar-refractivity contribution in [1.29, 1.82) is 0 Å². The van der Waals surface area contributed by atoms with Gasteiger partial charge in [-0.25, -0.2) is 0 Å². The minimum Gasteiger partial charge on any atom is -0.0957 e. The summed E-state index contributed by atoms with van der Waals surface area (Å²) < 4.78 is 0. The highest BCUT2D eigenvalue weighted by molar-refractivity contribution is 6.88. The molecule has 0 radical (unpaired) electrons. The largest absolute Gasteiger partial charge is 0.0957 e. The van der Waals surface area contributed by atoms with E-state index in [2.05, 4.69) is 64.1 Å². The zero-order valence-electron chi connectivity index (χ0n) is 10.2. The summed E-state index contributed by atoms with van der Waals surface area (Å²) in [6.07, 6.45) is 4.48. The van der Waals surface area contributed by atoms with Crippen molar-refractivity contribution < 1.29 is 0 Å². The van der Waals surface area contributed by atoms with Gasteiger partial charge in [-0.15, -0.1) is 0 Å². The van der Waals surface area contributed by atoms with Crippen molar-refractivity contribution >= 4 is 16.1 Å². The Morgan fingerprint density at radius 3 is 1.62 bits per heavy atom. The molecule has 0 amide bonds. The van der Waals surface area contributed by atoms with Crippen molar-refractivity contribution in [2.45, 2.75) is 46.2 Å². The molecule has 0 aromatic heterocycles. The van der Waals surface area contributed by atoms with E-state index in [9.17, 15) is 0 Å². The molecule has 76 valence electrons. The van der Waals surface area contributed by atoms with Crippen LogP contribution in [0.3, 0.4) is 0 Å². The maximum atomic E-state index is 2.55. The maximum Gasteiger partial charge on any atom is 0.0766 e. The van der Waals surface area contributed by atoms with E-state index < -0.39 is 16.1 Å².